The summed E-state index contributed by atoms with van der Waals surface area (Å²) in [5.74, 6) is 3.38. The first kappa shape index (κ1) is 89.1. The van der Waals surface area contributed by atoms with Crippen LogP contribution < -0.4 is 48.9 Å². The lowest BCUT2D eigenvalue weighted by molar-refractivity contribution is -0.271. The van der Waals surface area contributed by atoms with E-state index in [1.54, 1.807) is 0 Å². The molecule has 120 heavy (non-hydrogen) atoms. The van der Waals surface area contributed by atoms with Crippen LogP contribution in [0.15, 0.2) is 66.7 Å². The quantitative estimate of drug-likeness (QED) is 0.0174. The van der Waals surface area contributed by atoms with Crippen LogP contribution in [0.1, 0.15) is 109 Å². The van der Waals surface area contributed by atoms with Gasteiger partial charge in [-0.15, -0.1) is 11.8 Å². The van der Waals surface area contributed by atoms with Crippen LogP contribution in [0.3, 0.4) is 0 Å². The lowest BCUT2D eigenvalue weighted by Crippen LogP contribution is -2.61. The normalized spacial score (nSPS) is 26.6. The fourth-order valence-corrected chi connectivity index (χ4v) is 15.6. The molecule has 0 aromatic heterocycles. The summed E-state index contributed by atoms with van der Waals surface area (Å²) >= 11 is 0. The van der Waals surface area contributed by atoms with Gasteiger partial charge in [0.15, 0.2) is 47.7 Å². The second kappa shape index (κ2) is 41.9. The molecule has 12 N–H and O–H groups in total. The first-order valence-electron chi connectivity index (χ1n) is 39.9. The Morgan fingerprint density at radius 3 is 1.48 bits per heavy atom. The highest BCUT2D eigenvalue weighted by Gasteiger charge is 2.53. The topological polar surface area (TPSA) is 514 Å². The van der Waals surface area contributed by atoms with Gasteiger partial charge in [0, 0.05) is 44.6 Å². The summed E-state index contributed by atoms with van der Waals surface area (Å²) < 4.78 is 85.3. The summed E-state index contributed by atoms with van der Waals surface area (Å²) in [6, 6.07) is 13.7. The molecule has 12 rings (SSSR count). The SMILES string of the molecule is COc1cc2c(cc1OCCCCCOc1cc3c(cc1OC)C(=O)N1CCC[C@H]1[C@H](O)N3C(=O)OCc1ccc(O[C@@H]3O[C@H](C(=O)O)[C@@H](O)[C@H](O)[C@H]3O)c(NC(=O)CCOCCOCCOCCOCCNC(=O)OCC3[C@H]4CCC#CCC[C@@H]34)c1)N(C(=O)OCc1ccc(O[C@@H]3O[C@H](C(=O)O)[C@@H](O)[C@H](O)[C@H]3O)cc1)[C@@H](O)[C@@H]1CCCN1C2=O. The molecule has 1 saturated carbocycles. The average molecular weight is 1690 g/mol. The fraction of sp³-hybridized carbons (Fsp3) is 0.580. The van der Waals surface area contributed by atoms with Crippen molar-refractivity contribution in [2.24, 2.45) is 17.8 Å². The minimum Gasteiger partial charge on any atom is -0.493 e. The molecule has 6 aliphatic heterocycles. The molecule has 0 bridgehead atoms. The highest BCUT2D eigenvalue weighted by Crippen LogP contribution is 2.53. The number of ether oxygens (including phenoxy) is 15. The zero-order valence-corrected chi connectivity index (χ0v) is 66.1. The molecule has 8 aliphatic rings. The minimum atomic E-state index is -2.04. The molecule has 17 atom stereocenters. The Morgan fingerprint density at radius 1 is 0.500 bits per heavy atom. The smallest absolute Gasteiger partial charge is 0.416 e. The van der Waals surface area contributed by atoms with Crippen molar-refractivity contribution in [3.05, 3.63) is 89.0 Å². The van der Waals surface area contributed by atoms with Crippen LogP contribution in [0.25, 0.3) is 0 Å². The number of aliphatic hydroxyl groups excluding tert-OH is 8. The van der Waals surface area contributed by atoms with E-state index in [4.69, 9.17) is 71.1 Å². The lowest BCUT2D eigenvalue weighted by Gasteiger charge is -2.38. The Morgan fingerprint density at radius 2 is 0.975 bits per heavy atom. The Balaban J connectivity index is 0.628. The number of aliphatic hydroxyl groups is 8. The van der Waals surface area contributed by atoms with E-state index in [0.717, 1.165) is 35.5 Å². The van der Waals surface area contributed by atoms with Crippen molar-refractivity contribution in [2.75, 3.05) is 122 Å². The number of carbonyl (C=O) groups excluding carboxylic acids is 6. The Bertz CT molecular complexity index is 4280. The number of aliphatic carboxylic acids is 2. The van der Waals surface area contributed by atoms with Gasteiger partial charge in [-0.05, 0) is 123 Å². The largest absolute Gasteiger partial charge is 0.493 e. The molecule has 39 nitrogen and oxygen atoms in total. The van der Waals surface area contributed by atoms with Gasteiger partial charge in [0.05, 0.1) is 134 Å². The van der Waals surface area contributed by atoms with Gasteiger partial charge in [-0.25, -0.2) is 33.8 Å². The van der Waals surface area contributed by atoms with E-state index in [0.29, 0.717) is 88.0 Å². The van der Waals surface area contributed by atoms with Crippen molar-refractivity contribution in [3.8, 4) is 46.3 Å². The summed E-state index contributed by atoms with van der Waals surface area (Å²) in [6.45, 7) is 1.99. The molecular weight excluding hydrogens is 1580 g/mol. The van der Waals surface area contributed by atoms with Gasteiger partial charge >= 0.3 is 30.2 Å². The standard InChI is InChI=1S/C81H102N6O33/c1-106-58-37-49-55(86(73(97)53-14-10-24-84(53)71(49)95)80(104)115-41-44-16-19-46(20-17-44)117-77-67(93)63(89)65(91)69(119-77)75(99)100)39-60(58)112-26-8-5-9-27-113-61-40-56-50(38-59(61)107-2)72(96)85-25-11-15-54(85)74(98)87(56)81(105)116-42-45-18-21-57(118-78-68(94)64(90)66(92)70(120-78)76(101)102)52(36-45)83-62(88)22-28-108-30-32-110-34-35-111-33-31-109-29-23-82-79(103)114-43-51-47-12-6-3-4-7-13-48(47)51/h16-21,36-40,47-48,51,53-54,63-70,73-74,77-78,89-94,97-98H,5-15,22-35,41-43H2,1-2H3,(H,82,103)(H,83,88)(H,99,100)(H,101,102)/t47-,48+,51?,53-,54-,63-,64-,65-,66-,67+,68+,69-,70-,73-,74-,77+,78+/m0/s1. The summed E-state index contributed by atoms with van der Waals surface area (Å²) in [5, 5.41) is 111. The minimum absolute atomic E-state index is 0.0212. The Hall–Kier alpha value is -10.2. The van der Waals surface area contributed by atoms with Crippen molar-refractivity contribution >= 4 is 65.0 Å². The number of anilines is 3. The van der Waals surface area contributed by atoms with E-state index in [1.807, 2.05) is 0 Å². The maximum absolute atomic E-state index is 14.7. The molecule has 654 valence electrons. The number of rotatable bonds is 38. The Kier molecular flexibility index (Phi) is 31.1. The van der Waals surface area contributed by atoms with Gasteiger partial charge in [0.25, 0.3) is 11.8 Å². The van der Waals surface area contributed by atoms with E-state index >= 15 is 0 Å². The molecule has 1 unspecified atom stereocenters. The summed E-state index contributed by atoms with van der Waals surface area (Å²) in [7, 11) is 2.74. The number of methoxy groups -OCH3 is 2. The first-order chi connectivity index (χ1) is 57.9. The van der Waals surface area contributed by atoms with Gasteiger partial charge < -0.3 is 143 Å². The number of unbranched alkanes of at least 4 members (excludes halogenated alkanes) is 2. The fourth-order valence-electron chi connectivity index (χ4n) is 15.6. The third kappa shape index (κ3) is 21.6. The number of benzene rings is 4. The highest BCUT2D eigenvalue weighted by atomic mass is 16.7. The molecule has 6 heterocycles. The van der Waals surface area contributed by atoms with Crippen molar-refractivity contribution in [1.29, 1.82) is 0 Å². The molecule has 0 spiro atoms. The third-order valence-corrected chi connectivity index (χ3v) is 22.0. The molecule has 2 aliphatic carbocycles. The van der Waals surface area contributed by atoms with Crippen LogP contribution in [0, 0.1) is 29.6 Å². The second-order valence-corrected chi connectivity index (χ2v) is 29.8. The monoisotopic (exact) mass is 1690 g/mol. The molecule has 4 aromatic rings. The van der Waals surface area contributed by atoms with Gasteiger partial charge in [-0.3, -0.25) is 14.4 Å². The lowest BCUT2D eigenvalue weighted by atomic mass is 9.99. The van der Waals surface area contributed by atoms with E-state index in [2.05, 4.69) is 22.5 Å². The number of carbonyl (C=O) groups is 8. The molecule has 39 heteroatoms. The van der Waals surface area contributed by atoms with Gasteiger partial charge in [-0.1, -0.05) is 18.2 Å². The zero-order valence-electron chi connectivity index (χ0n) is 66.1. The van der Waals surface area contributed by atoms with E-state index in [1.165, 1.54) is 90.7 Å². The molecule has 0 radical (unpaired) electrons. The third-order valence-electron chi connectivity index (χ3n) is 22.0. The zero-order chi connectivity index (χ0) is 85.3. The number of hydrogen-bond donors (Lipinski definition) is 12. The molecule has 5 fully saturated rings. The predicted molar refractivity (Wildman–Crippen MR) is 412 cm³/mol. The van der Waals surface area contributed by atoms with Crippen LogP contribution in [0.5, 0.6) is 34.5 Å². The van der Waals surface area contributed by atoms with E-state index < -0.39 is 140 Å². The summed E-state index contributed by atoms with van der Waals surface area (Å²) in [4.78, 5) is 112. The van der Waals surface area contributed by atoms with Crippen molar-refractivity contribution < 1.29 is 160 Å². The van der Waals surface area contributed by atoms with Crippen LogP contribution in [0.4, 0.5) is 31.4 Å². The van der Waals surface area contributed by atoms with Crippen molar-refractivity contribution in [3.63, 3.8) is 0 Å². The number of nitrogens with one attached hydrogen (secondary N) is 2. The predicted octanol–water partition coefficient (Wildman–Crippen LogP) is 2.59. The number of hydrogen-bond acceptors (Lipinski definition) is 31. The number of alkyl carbamates (subject to hydrolysis) is 1. The molecule has 4 saturated heterocycles. The van der Waals surface area contributed by atoms with E-state index in [9.17, 15) is 89.4 Å². The number of fused-ring (bicyclic) bond motifs is 5. The Labute approximate surface area is 688 Å². The van der Waals surface area contributed by atoms with Crippen LogP contribution in [-0.2, 0) is 70.2 Å². The number of amides is 6. The van der Waals surface area contributed by atoms with Gasteiger partial charge in [0.1, 0.15) is 61.3 Å². The molecular formula is C81H102N6O33. The van der Waals surface area contributed by atoms with Gasteiger partial charge in [0.2, 0.25) is 18.5 Å². The van der Waals surface area contributed by atoms with Gasteiger partial charge in [-0.2, -0.15) is 0 Å². The first-order valence-corrected chi connectivity index (χ1v) is 39.9. The van der Waals surface area contributed by atoms with Crippen LogP contribution >= 0.6 is 0 Å². The highest BCUT2D eigenvalue weighted by molar-refractivity contribution is 6.07. The van der Waals surface area contributed by atoms with Crippen molar-refractivity contribution in [1.82, 2.24) is 15.1 Å². The summed E-state index contributed by atoms with van der Waals surface area (Å²) in [5.41, 5.74) is 0.408. The average Bonchev–Trinajstić information content (AvgIpc) is 1.62. The maximum atomic E-state index is 14.7. The van der Waals surface area contributed by atoms with Crippen LogP contribution in [0.2, 0.25) is 0 Å². The van der Waals surface area contributed by atoms with Crippen LogP contribution in [-0.4, -0.2) is 301 Å². The molecule has 4 aromatic carbocycles. The second-order valence-electron chi connectivity index (χ2n) is 29.8. The summed E-state index contributed by atoms with van der Waals surface area (Å²) in [6.07, 6.45) is -18.3. The number of nitrogens with zero attached hydrogens (tertiary/aromatic N) is 4. The van der Waals surface area contributed by atoms with Crippen molar-refractivity contribution in [2.45, 2.75) is 176 Å². The maximum Gasteiger partial charge on any atom is 0.416 e. The number of carboxylic acid groups (broad SMARTS) is 2. The number of carboxylic acids is 2. The van der Waals surface area contributed by atoms with E-state index in [-0.39, 0.29) is 154 Å². The molecule has 6 amide bonds.